The minimum Gasteiger partial charge on any atom is -0.357 e. The first-order chi connectivity index (χ1) is 12.3. The van der Waals surface area contributed by atoms with Gasteiger partial charge in [0.05, 0.1) is 6.54 Å². The fraction of sp³-hybridized carbons (Fsp3) is 0.600. The highest BCUT2D eigenvalue weighted by molar-refractivity contribution is 14.0. The Labute approximate surface area is 174 Å². The Morgan fingerprint density at radius 3 is 2.42 bits per heavy atom. The maximum Gasteiger partial charge on any atom is 0.253 e. The quantitative estimate of drug-likeness (QED) is 0.381. The summed E-state index contributed by atoms with van der Waals surface area (Å²) in [5.41, 5.74) is 1.91. The molecule has 1 aliphatic carbocycles. The Bertz CT molecular complexity index is 592. The highest BCUT2D eigenvalue weighted by atomic mass is 127. The zero-order chi connectivity index (χ0) is 17.5. The van der Waals surface area contributed by atoms with E-state index in [1.54, 1.807) is 0 Å². The number of hydrogen-bond acceptors (Lipinski definition) is 2. The number of halogens is 1. The summed E-state index contributed by atoms with van der Waals surface area (Å²) in [6, 6.07) is 7.91. The minimum absolute atomic E-state index is 0. The molecule has 1 aliphatic heterocycles. The van der Waals surface area contributed by atoms with Crippen LogP contribution >= 0.6 is 24.0 Å². The van der Waals surface area contributed by atoms with E-state index in [0.717, 1.165) is 62.0 Å². The van der Waals surface area contributed by atoms with Crippen LogP contribution in [0.1, 0.15) is 54.9 Å². The molecule has 6 heteroatoms. The topological polar surface area (TPSA) is 56.7 Å². The van der Waals surface area contributed by atoms with Gasteiger partial charge in [0.25, 0.3) is 5.91 Å². The van der Waals surface area contributed by atoms with Crippen molar-refractivity contribution in [3.8, 4) is 0 Å². The molecule has 1 heterocycles. The van der Waals surface area contributed by atoms with Gasteiger partial charge in [-0.15, -0.1) is 24.0 Å². The number of likely N-dealkylation sites (tertiary alicyclic amines) is 1. The summed E-state index contributed by atoms with van der Waals surface area (Å²) < 4.78 is 0. The van der Waals surface area contributed by atoms with E-state index >= 15 is 0 Å². The number of rotatable bonds is 6. The number of carbonyl (C=O) groups is 1. The average Bonchev–Trinajstić information content (AvgIpc) is 3.49. The molecule has 2 fully saturated rings. The third kappa shape index (κ3) is 6.45. The van der Waals surface area contributed by atoms with E-state index in [0.29, 0.717) is 6.54 Å². The van der Waals surface area contributed by atoms with Gasteiger partial charge in [0.2, 0.25) is 0 Å². The standard InChI is InChI=1S/C20H30N4O.HI/c1-2-21-20(22-14-16-6-7-16)23-15-17-8-10-18(11-9-17)19(25)24-12-4-3-5-13-24;/h8-11,16H,2-7,12-15H2,1H3,(H2,21,22,23);1H. The minimum atomic E-state index is 0. The molecule has 1 aromatic rings. The second kappa shape index (κ2) is 10.7. The van der Waals surface area contributed by atoms with Crippen molar-refractivity contribution in [3.63, 3.8) is 0 Å². The van der Waals surface area contributed by atoms with Crippen molar-refractivity contribution in [2.24, 2.45) is 10.9 Å². The monoisotopic (exact) mass is 470 g/mol. The maximum absolute atomic E-state index is 12.5. The number of aliphatic imine (C=N–C) groups is 1. The van der Waals surface area contributed by atoms with Crippen LogP contribution in [0.3, 0.4) is 0 Å². The summed E-state index contributed by atoms with van der Waals surface area (Å²) >= 11 is 0. The lowest BCUT2D eigenvalue weighted by atomic mass is 10.1. The lowest BCUT2D eigenvalue weighted by Crippen LogP contribution is -2.38. The zero-order valence-corrected chi connectivity index (χ0v) is 18.0. The molecule has 0 radical (unpaired) electrons. The zero-order valence-electron chi connectivity index (χ0n) is 15.7. The molecule has 144 valence electrons. The second-order valence-electron chi connectivity index (χ2n) is 7.07. The van der Waals surface area contributed by atoms with Crippen LogP contribution < -0.4 is 10.6 Å². The predicted octanol–water partition coefficient (Wildman–Crippen LogP) is 3.40. The van der Waals surface area contributed by atoms with E-state index < -0.39 is 0 Å². The van der Waals surface area contributed by atoms with Crippen molar-refractivity contribution < 1.29 is 4.79 Å². The van der Waals surface area contributed by atoms with E-state index in [1.165, 1.54) is 19.3 Å². The molecule has 3 rings (SSSR count). The van der Waals surface area contributed by atoms with Gasteiger partial charge in [0, 0.05) is 31.7 Å². The summed E-state index contributed by atoms with van der Waals surface area (Å²) in [7, 11) is 0. The van der Waals surface area contributed by atoms with Gasteiger partial charge in [-0.2, -0.15) is 0 Å². The summed E-state index contributed by atoms with van der Waals surface area (Å²) in [5.74, 6) is 1.86. The summed E-state index contributed by atoms with van der Waals surface area (Å²) in [6.45, 7) is 6.36. The molecule has 2 N–H and O–H groups in total. The van der Waals surface area contributed by atoms with E-state index in [-0.39, 0.29) is 29.9 Å². The first-order valence-corrected chi connectivity index (χ1v) is 9.66. The number of carbonyl (C=O) groups excluding carboxylic acids is 1. The van der Waals surface area contributed by atoms with Gasteiger partial charge in [0.1, 0.15) is 0 Å². The van der Waals surface area contributed by atoms with Crippen LogP contribution in [0, 0.1) is 5.92 Å². The van der Waals surface area contributed by atoms with Crippen molar-refractivity contribution in [2.45, 2.75) is 45.6 Å². The average molecular weight is 470 g/mol. The number of nitrogens with zero attached hydrogens (tertiary/aromatic N) is 2. The van der Waals surface area contributed by atoms with E-state index in [4.69, 9.17) is 0 Å². The smallest absolute Gasteiger partial charge is 0.253 e. The number of piperidine rings is 1. The fourth-order valence-corrected chi connectivity index (χ4v) is 3.11. The number of benzene rings is 1. The molecule has 0 bridgehead atoms. The molecule has 1 saturated carbocycles. The third-order valence-corrected chi connectivity index (χ3v) is 4.86. The van der Waals surface area contributed by atoms with Crippen LogP contribution in [-0.2, 0) is 6.54 Å². The number of hydrogen-bond donors (Lipinski definition) is 2. The Hall–Kier alpha value is -1.31. The molecule has 0 unspecified atom stereocenters. The summed E-state index contributed by atoms with van der Waals surface area (Å²) in [6.07, 6.45) is 6.15. The van der Waals surface area contributed by atoms with Gasteiger partial charge >= 0.3 is 0 Å². The second-order valence-corrected chi connectivity index (χ2v) is 7.07. The maximum atomic E-state index is 12.5. The number of nitrogens with one attached hydrogen (secondary N) is 2. The fourth-order valence-electron chi connectivity index (χ4n) is 3.11. The lowest BCUT2D eigenvalue weighted by molar-refractivity contribution is 0.0724. The van der Waals surface area contributed by atoms with Gasteiger partial charge in [-0.1, -0.05) is 12.1 Å². The Morgan fingerprint density at radius 1 is 1.12 bits per heavy atom. The van der Waals surface area contributed by atoms with E-state index in [9.17, 15) is 4.79 Å². The van der Waals surface area contributed by atoms with Gasteiger partial charge in [-0.05, 0) is 62.6 Å². The Morgan fingerprint density at radius 2 is 1.81 bits per heavy atom. The van der Waals surface area contributed by atoms with Crippen molar-refractivity contribution in [1.29, 1.82) is 0 Å². The van der Waals surface area contributed by atoms with Crippen LogP contribution in [0.4, 0.5) is 0 Å². The summed E-state index contributed by atoms with van der Waals surface area (Å²) in [5, 5.41) is 6.69. The molecule has 5 nitrogen and oxygen atoms in total. The first-order valence-electron chi connectivity index (χ1n) is 9.66. The van der Waals surface area contributed by atoms with Crippen LogP contribution in [0.25, 0.3) is 0 Å². The normalized spacial score (nSPS) is 17.4. The molecule has 0 atom stereocenters. The first kappa shape index (κ1) is 21.0. The van der Waals surface area contributed by atoms with Gasteiger partial charge in [0.15, 0.2) is 5.96 Å². The van der Waals surface area contributed by atoms with Crippen molar-refractivity contribution in [2.75, 3.05) is 26.2 Å². The highest BCUT2D eigenvalue weighted by Gasteiger charge is 2.21. The van der Waals surface area contributed by atoms with Gasteiger partial charge in [-0.3, -0.25) is 4.79 Å². The van der Waals surface area contributed by atoms with Crippen LogP contribution in [0.2, 0.25) is 0 Å². The SMILES string of the molecule is CCNC(=NCc1ccc(C(=O)N2CCCCC2)cc1)NCC1CC1.I. The molecule has 1 amide bonds. The molecule has 26 heavy (non-hydrogen) atoms. The Balaban J connectivity index is 0.00000243. The van der Waals surface area contributed by atoms with Gasteiger partial charge < -0.3 is 15.5 Å². The predicted molar refractivity (Wildman–Crippen MR) is 117 cm³/mol. The Kier molecular flexibility index (Phi) is 8.68. The number of amides is 1. The highest BCUT2D eigenvalue weighted by Crippen LogP contribution is 2.27. The van der Waals surface area contributed by atoms with Gasteiger partial charge in [-0.25, -0.2) is 4.99 Å². The summed E-state index contributed by atoms with van der Waals surface area (Å²) in [4.78, 5) is 19.1. The lowest BCUT2D eigenvalue weighted by Gasteiger charge is -2.26. The molecule has 0 spiro atoms. The van der Waals surface area contributed by atoms with E-state index in [1.807, 2.05) is 29.2 Å². The van der Waals surface area contributed by atoms with Crippen LogP contribution in [0.15, 0.2) is 29.3 Å². The van der Waals surface area contributed by atoms with Crippen molar-refractivity contribution in [3.05, 3.63) is 35.4 Å². The molecular formula is C20H31IN4O. The van der Waals surface area contributed by atoms with Crippen molar-refractivity contribution >= 4 is 35.8 Å². The number of guanidine groups is 1. The molecular weight excluding hydrogens is 439 g/mol. The molecule has 2 aliphatic rings. The molecule has 0 aromatic heterocycles. The molecule has 1 aromatic carbocycles. The van der Waals surface area contributed by atoms with E-state index in [2.05, 4.69) is 22.5 Å². The van der Waals surface area contributed by atoms with Crippen molar-refractivity contribution in [1.82, 2.24) is 15.5 Å². The van der Waals surface area contributed by atoms with Crippen LogP contribution in [-0.4, -0.2) is 42.9 Å². The van der Waals surface area contributed by atoms with Crippen LogP contribution in [0.5, 0.6) is 0 Å². The largest absolute Gasteiger partial charge is 0.357 e. The third-order valence-electron chi connectivity index (χ3n) is 4.86. The molecule has 1 saturated heterocycles.